The number of likely N-dealkylation sites (tertiary alicyclic amines) is 1. The molecular formula is C20H25N3O4. The molecule has 7 nitrogen and oxygen atoms in total. The smallest absolute Gasteiger partial charge is 0.308 e. The van der Waals surface area contributed by atoms with Gasteiger partial charge in [-0.15, -0.1) is 0 Å². The number of aromatic hydroxyl groups is 1. The summed E-state index contributed by atoms with van der Waals surface area (Å²) < 4.78 is 1.47. The maximum Gasteiger partial charge on any atom is 0.308 e. The third kappa shape index (κ3) is 3.97. The van der Waals surface area contributed by atoms with Gasteiger partial charge in [-0.25, -0.2) is 4.68 Å². The number of aromatic nitrogens is 2. The standard InChI is InChI=1S/C20H25N3O4/c1-12(2)14-4-6-16(7-5-14)23-11-17(24)18(21-23)19(25)22-9-13(3)8-15(10-22)20(26)27/h4-7,11-13,15,24H,8-10H2,1-3H3,(H,26,27). The molecule has 2 atom stereocenters. The van der Waals surface area contributed by atoms with Gasteiger partial charge in [-0.1, -0.05) is 32.9 Å². The molecule has 1 aromatic carbocycles. The van der Waals surface area contributed by atoms with E-state index in [1.807, 2.05) is 31.2 Å². The lowest BCUT2D eigenvalue weighted by molar-refractivity contribution is -0.143. The minimum absolute atomic E-state index is 0.0545. The number of carbonyl (C=O) groups is 2. The van der Waals surface area contributed by atoms with E-state index in [1.165, 1.54) is 21.3 Å². The van der Waals surface area contributed by atoms with Gasteiger partial charge in [0, 0.05) is 13.1 Å². The van der Waals surface area contributed by atoms with E-state index < -0.39 is 17.8 Å². The quantitative estimate of drug-likeness (QED) is 0.862. The molecule has 0 aliphatic carbocycles. The fourth-order valence-electron chi connectivity index (χ4n) is 3.51. The van der Waals surface area contributed by atoms with E-state index in [2.05, 4.69) is 18.9 Å². The van der Waals surface area contributed by atoms with Crippen LogP contribution >= 0.6 is 0 Å². The number of carboxylic acid groups (broad SMARTS) is 1. The summed E-state index contributed by atoms with van der Waals surface area (Å²) in [6.07, 6.45) is 1.95. The van der Waals surface area contributed by atoms with Gasteiger partial charge in [-0.3, -0.25) is 9.59 Å². The first-order valence-electron chi connectivity index (χ1n) is 9.17. The van der Waals surface area contributed by atoms with Gasteiger partial charge in [0.15, 0.2) is 11.4 Å². The lowest BCUT2D eigenvalue weighted by Crippen LogP contribution is -2.45. The predicted molar refractivity (Wildman–Crippen MR) is 100 cm³/mol. The normalized spacial score (nSPS) is 20.1. The average Bonchev–Trinajstić information content (AvgIpc) is 3.02. The molecule has 0 spiro atoms. The van der Waals surface area contributed by atoms with Crippen molar-refractivity contribution in [2.75, 3.05) is 13.1 Å². The average molecular weight is 371 g/mol. The Morgan fingerprint density at radius 2 is 1.85 bits per heavy atom. The van der Waals surface area contributed by atoms with Gasteiger partial charge in [0.2, 0.25) is 0 Å². The fraction of sp³-hybridized carbons (Fsp3) is 0.450. The molecule has 1 saturated heterocycles. The molecule has 7 heteroatoms. The van der Waals surface area contributed by atoms with Crippen molar-refractivity contribution in [2.24, 2.45) is 11.8 Å². The zero-order chi connectivity index (χ0) is 19.7. The summed E-state index contributed by atoms with van der Waals surface area (Å²) in [5.74, 6) is -1.66. The Morgan fingerprint density at radius 1 is 1.19 bits per heavy atom. The number of rotatable bonds is 4. The van der Waals surface area contributed by atoms with Gasteiger partial charge in [-0.05, 0) is 36.0 Å². The van der Waals surface area contributed by atoms with Gasteiger partial charge < -0.3 is 15.1 Å². The van der Waals surface area contributed by atoms with Gasteiger partial charge >= 0.3 is 5.97 Å². The number of hydrogen-bond donors (Lipinski definition) is 2. The number of piperidine rings is 1. The molecule has 0 saturated carbocycles. The molecule has 3 rings (SSSR count). The summed E-state index contributed by atoms with van der Waals surface area (Å²) in [4.78, 5) is 25.6. The Hall–Kier alpha value is -2.83. The van der Waals surface area contributed by atoms with Crippen LogP contribution in [0.5, 0.6) is 5.75 Å². The minimum atomic E-state index is -0.903. The SMILES string of the molecule is CC1CC(C(=O)O)CN(C(=O)c2nn(-c3ccc(C(C)C)cc3)cc2O)C1. The van der Waals surface area contributed by atoms with Gasteiger partial charge in [0.05, 0.1) is 17.8 Å². The molecule has 2 N–H and O–H groups in total. The number of carboxylic acids is 1. The molecule has 27 heavy (non-hydrogen) atoms. The van der Waals surface area contributed by atoms with Crippen molar-refractivity contribution in [3.05, 3.63) is 41.7 Å². The highest BCUT2D eigenvalue weighted by atomic mass is 16.4. The van der Waals surface area contributed by atoms with Crippen molar-refractivity contribution in [3.63, 3.8) is 0 Å². The van der Waals surface area contributed by atoms with E-state index in [4.69, 9.17) is 0 Å². The number of nitrogens with zero attached hydrogens (tertiary/aromatic N) is 3. The lowest BCUT2D eigenvalue weighted by atomic mass is 9.90. The van der Waals surface area contributed by atoms with Crippen LogP contribution in [0.25, 0.3) is 5.69 Å². The number of benzene rings is 1. The molecule has 1 aliphatic heterocycles. The van der Waals surface area contributed by atoms with Crippen LogP contribution in [0.4, 0.5) is 0 Å². The molecule has 0 radical (unpaired) electrons. The third-order valence-corrected chi connectivity index (χ3v) is 5.02. The second-order valence-corrected chi connectivity index (χ2v) is 7.64. The molecule has 1 aromatic heterocycles. The summed E-state index contributed by atoms with van der Waals surface area (Å²) in [5, 5.41) is 23.8. The zero-order valence-electron chi connectivity index (χ0n) is 15.8. The van der Waals surface area contributed by atoms with Crippen molar-refractivity contribution in [3.8, 4) is 11.4 Å². The van der Waals surface area contributed by atoms with E-state index >= 15 is 0 Å². The molecule has 144 valence electrons. The number of amides is 1. The monoisotopic (exact) mass is 371 g/mol. The van der Waals surface area contributed by atoms with Gasteiger partial charge in [0.25, 0.3) is 5.91 Å². The molecule has 2 heterocycles. The summed E-state index contributed by atoms with van der Waals surface area (Å²) in [6.45, 7) is 6.72. The van der Waals surface area contributed by atoms with Gasteiger partial charge in [-0.2, -0.15) is 5.10 Å². The third-order valence-electron chi connectivity index (χ3n) is 5.02. The topological polar surface area (TPSA) is 95.7 Å². The van der Waals surface area contributed by atoms with Crippen LogP contribution < -0.4 is 0 Å². The second-order valence-electron chi connectivity index (χ2n) is 7.64. The van der Waals surface area contributed by atoms with E-state index in [9.17, 15) is 19.8 Å². The van der Waals surface area contributed by atoms with Crippen molar-refractivity contribution in [2.45, 2.75) is 33.1 Å². The van der Waals surface area contributed by atoms with Crippen LogP contribution in [0.2, 0.25) is 0 Å². The Bertz CT molecular complexity index is 841. The van der Waals surface area contributed by atoms with E-state index in [0.29, 0.717) is 18.9 Å². The lowest BCUT2D eigenvalue weighted by Gasteiger charge is -2.34. The Balaban J connectivity index is 1.83. The summed E-state index contributed by atoms with van der Waals surface area (Å²) >= 11 is 0. The Kier molecular flexibility index (Phi) is 5.21. The Morgan fingerprint density at radius 3 is 2.44 bits per heavy atom. The molecule has 2 aromatic rings. The van der Waals surface area contributed by atoms with Crippen LogP contribution in [0, 0.1) is 11.8 Å². The van der Waals surface area contributed by atoms with Crippen LogP contribution in [0.3, 0.4) is 0 Å². The van der Waals surface area contributed by atoms with Gasteiger partial charge in [0.1, 0.15) is 0 Å². The van der Waals surface area contributed by atoms with Crippen LogP contribution in [-0.4, -0.2) is 49.9 Å². The second kappa shape index (κ2) is 7.42. The summed E-state index contributed by atoms with van der Waals surface area (Å²) in [6, 6.07) is 7.76. The number of aliphatic carboxylic acids is 1. The van der Waals surface area contributed by atoms with Crippen LogP contribution in [0.1, 0.15) is 49.2 Å². The molecule has 0 bridgehead atoms. The molecular weight excluding hydrogens is 346 g/mol. The highest BCUT2D eigenvalue weighted by molar-refractivity contribution is 5.95. The van der Waals surface area contributed by atoms with E-state index in [1.54, 1.807) is 0 Å². The Labute approximate surface area is 158 Å². The van der Waals surface area contributed by atoms with Crippen LogP contribution in [0.15, 0.2) is 30.5 Å². The molecule has 2 unspecified atom stereocenters. The largest absolute Gasteiger partial charge is 0.504 e. The highest BCUT2D eigenvalue weighted by Crippen LogP contribution is 2.26. The molecule has 1 amide bonds. The molecule has 1 aliphatic rings. The fourth-order valence-corrected chi connectivity index (χ4v) is 3.51. The molecule has 1 fully saturated rings. The maximum atomic E-state index is 12.8. The summed E-state index contributed by atoms with van der Waals surface area (Å²) in [7, 11) is 0. The maximum absolute atomic E-state index is 12.8. The number of carbonyl (C=O) groups excluding carboxylic acids is 1. The minimum Gasteiger partial charge on any atom is -0.504 e. The van der Waals surface area contributed by atoms with Crippen molar-refractivity contribution in [1.82, 2.24) is 14.7 Å². The van der Waals surface area contributed by atoms with Crippen molar-refractivity contribution < 1.29 is 19.8 Å². The first-order chi connectivity index (χ1) is 12.8. The van der Waals surface area contributed by atoms with Crippen molar-refractivity contribution >= 4 is 11.9 Å². The summed E-state index contributed by atoms with van der Waals surface area (Å²) in [5.41, 5.74) is 1.87. The van der Waals surface area contributed by atoms with E-state index in [0.717, 1.165) is 5.69 Å². The first kappa shape index (κ1) is 18.9. The number of hydrogen-bond acceptors (Lipinski definition) is 4. The predicted octanol–water partition coefficient (Wildman–Crippen LogP) is 2.88. The zero-order valence-corrected chi connectivity index (χ0v) is 15.8. The first-order valence-corrected chi connectivity index (χ1v) is 9.17. The van der Waals surface area contributed by atoms with Crippen molar-refractivity contribution in [1.29, 1.82) is 0 Å². The highest BCUT2D eigenvalue weighted by Gasteiger charge is 2.34. The van der Waals surface area contributed by atoms with E-state index in [-0.39, 0.29) is 23.9 Å². The van der Waals surface area contributed by atoms with Crippen LogP contribution in [-0.2, 0) is 4.79 Å².